The Balaban J connectivity index is 2.35. The summed E-state index contributed by atoms with van der Waals surface area (Å²) in [5, 5.41) is 18.0. The van der Waals surface area contributed by atoms with Gasteiger partial charge in [0.15, 0.2) is 5.60 Å². The maximum absolute atomic E-state index is 11.5. The van der Waals surface area contributed by atoms with Gasteiger partial charge in [-0.25, -0.2) is 17.9 Å². The van der Waals surface area contributed by atoms with E-state index in [0.717, 1.165) is 26.2 Å². The maximum atomic E-state index is 11.5. The van der Waals surface area contributed by atoms with E-state index in [1.54, 1.807) is 0 Å². The molecule has 1 unspecified atom stereocenters. The van der Waals surface area contributed by atoms with Crippen LogP contribution in [0.1, 0.15) is 32.6 Å². The van der Waals surface area contributed by atoms with E-state index in [2.05, 4.69) is 4.72 Å². The lowest BCUT2D eigenvalue weighted by Crippen LogP contribution is -2.47. The molecular formula is C10H19NO5S. The Kier molecular flexibility index (Phi) is 4.51. The predicted molar refractivity (Wildman–Crippen MR) is 62.0 cm³/mol. The van der Waals surface area contributed by atoms with Crippen LogP contribution in [-0.4, -0.2) is 42.5 Å². The van der Waals surface area contributed by atoms with Crippen molar-refractivity contribution in [1.29, 1.82) is 0 Å². The van der Waals surface area contributed by atoms with Gasteiger partial charge in [-0.1, -0.05) is 19.3 Å². The molecule has 1 rings (SSSR count). The van der Waals surface area contributed by atoms with Gasteiger partial charge in [0.2, 0.25) is 10.0 Å². The van der Waals surface area contributed by atoms with Crippen LogP contribution in [0, 0.1) is 5.92 Å². The number of hydrogen-bond donors (Lipinski definition) is 3. The molecule has 7 heteroatoms. The number of carboxylic acids is 1. The Hall–Kier alpha value is -0.660. The fraction of sp³-hybridized carbons (Fsp3) is 0.900. The Morgan fingerprint density at radius 1 is 1.47 bits per heavy atom. The summed E-state index contributed by atoms with van der Waals surface area (Å²) < 4.78 is 25.2. The highest BCUT2D eigenvalue weighted by atomic mass is 32.2. The lowest BCUT2D eigenvalue weighted by Gasteiger charge is -2.25. The summed E-state index contributed by atoms with van der Waals surface area (Å²) >= 11 is 0. The van der Waals surface area contributed by atoms with Crippen molar-refractivity contribution in [1.82, 2.24) is 4.72 Å². The van der Waals surface area contributed by atoms with Gasteiger partial charge in [-0.2, -0.15) is 0 Å². The summed E-state index contributed by atoms with van der Waals surface area (Å²) in [5.41, 5.74) is -2.07. The summed E-state index contributed by atoms with van der Waals surface area (Å²) in [7, 11) is -3.49. The van der Waals surface area contributed by atoms with Crippen LogP contribution >= 0.6 is 0 Å². The minimum absolute atomic E-state index is 0.00658. The first-order valence-electron chi connectivity index (χ1n) is 5.66. The summed E-state index contributed by atoms with van der Waals surface area (Å²) in [5.74, 6) is -0.973. The van der Waals surface area contributed by atoms with Gasteiger partial charge in [0.05, 0.1) is 5.75 Å². The van der Waals surface area contributed by atoms with E-state index < -0.39 is 28.1 Å². The van der Waals surface area contributed by atoms with E-state index in [0.29, 0.717) is 12.3 Å². The Morgan fingerprint density at radius 3 is 2.47 bits per heavy atom. The van der Waals surface area contributed by atoms with Crippen molar-refractivity contribution in [2.75, 3.05) is 12.3 Å². The van der Waals surface area contributed by atoms with Crippen molar-refractivity contribution in [2.24, 2.45) is 5.92 Å². The van der Waals surface area contributed by atoms with Crippen LogP contribution < -0.4 is 4.72 Å². The van der Waals surface area contributed by atoms with Crippen molar-refractivity contribution in [3.8, 4) is 0 Å². The number of sulfonamides is 1. The molecule has 0 amide bonds. The standard InChI is InChI=1S/C10H19NO5S/c1-10(14,9(12)13)7-11-17(15,16)6-5-8-3-2-4-8/h8,11,14H,2-7H2,1H3,(H,12,13). The van der Waals surface area contributed by atoms with Crippen molar-refractivity contribution in [2.45, 2.75) is 38.2 Å². The molecule has 1 saturated carbocycles. The van der Waals surface area contributed by atoms with Gasteiger partial charge >= 0.3 is 5.97 Å². The Bertz CT molecular complexity index is 372. The van der Waals surface area contributed by atoms with Gasteiger partial charge in [-0.05, 0) is 19.3 Å². The minimum Gasteiger partial charge on any atom is -0.479 e. The first kappa shape index (κ1) is 14.4. The monoisotopic (exact) mass is 265 g/mol. The first-order chi connectivity index (χ1) is 7.73. The van der Waals surface area contributed by atoms with Gasteiger partial charge in [-0.15, -0.1) is 0 Å². The van der Waals surface area contributed by atoms with Crippen LogP contribution in [0.5, 0.6) is 0 Å². The number of carbonyl (C=O) groups is 1. The zero-order valence-electron chi connectivity index (χ0n) is 9.85. The van der Waals surface area contributed by atoms with Crippen molar-refractivity contribution >= 4 is 16.0 Å². The molecule has 1 atom stereocenters. The highest BCUT2D eigenvalue weighted by molar-refractivity contribution is 7.89. The fourth-order valence-corrected chi connectivity index (χ4v) is 2.79. The molecule has 0 aromatic rings. The quantitative estimate of drug-likeness (QED) is 0.598. The van der Waals surface area contributed by atoms with E-state index in [4.69, 9.17) is 5.11 Å². The first-order valence-corrected chi connectivity index (χ1v) is 7.31. The molecule has 0 heterocycles. The van der Waals surface area contributed by atoms with E-state index in [1.807, 2.05) is 0 Å². The zero-order chi connectivity index (χ0) is 13.1. The number of rotatable bonds is 7. The topological polar surface area (TPSA) is 104 Å². The van der Waals surface area contributed by atoms with E-state index in [1.165, 1.54) is 0 Å². The molecule has 0 saturated heterocycles. The van der Waals surface area contributed by atoms with E-state index in [-0.39, 0.29) is 5.75 Å². The van der Waals surface area contributed by atoms with Crippen LogP contribution in [-0.2, 0) is 14.8 Å². The number of hydrogen-bond acceptors (Lipinski definition) is 4. The van der Waals surface area contributed by atoms with Crippen molar-refractivity contribution in [3.05, 3.63) is 0 Å². The van der Waals surface area contributed by atoms with E-state index in [9.17, 15) is 18.3 Å². The third-order valence-electron chi connectivity index (χ3n) is 3.12. The number of aliphatic hydroxyl groups is 1. The molecule has 0 aliphatic heterocycles. The number of nitrogens with one attached hydrogen (secondary N) is 1. The smallest absolute Gasteiger partial charge is 0.336 e. The van der Waals surface area contributed by atoms with Gasteiger partial charge < -0.3 is 10.2 Å². The van der Waals surface area contributed by atoms with Crippen molar-refractivity contribution < 1.29 is 23.4 Å². The summed E-state index contributed by atoms with van der Waals surface area (Å²) in [4.78, 5) is 10.6. The van der Waals surface area contributed by atoms with Crippen LogP contribution in [0.15, 0.2) is 0 Å². The van der Waals surface area contributed by atoms with Gasteiger partial charge in [0.25, 0.3) is 0 Å². The second kappa shape index (κ2) is 5.32. The highest BCUT2D eigenvalue weighted by Gasteiger charge is 2.31. The van der Waals surface area contributed by atoms with Crippen LogP contribution in [0.3, 0.4) is 0 Å². The van der Waals surface area contributed by atoms with E-state index >= 15 is 0 Å². The summed E-state index contributed by atoms with van der Waals surface area (Å²) in [6.45, 7) is 0.555. The van der Waals surface area contributed by atoms with Gasteiger partial charge in [0, 0.05) is 6.54 Å². The van der Waals surface area contributed by atoms with Crippen LogP contribution in [0.2, 0.25) is 0 Å². The Morgan fingerprint density at radius 2 is 2.06 bits per heavy atom. The summed E-state index contributed by atoms with van der Waals surface area (Å²) in [6.07, 6.45) is 3.90. The zero-order valence-corrected chi connectivity index (χ0v) is 10.7. The minimum atomic E-state index is -3.49. The molecule has 100 valence electrons. The normalized spacial score (nSPS) is 20.6. The second-order valence-electron chi connectivity index (χ2n) is 4.80. The molecule has 1 aliphatic carbocycles. The third kappa shape index (κ3) is 4.61. The second-order valence-corrected chi connectivity index (χ2v) is 6.73. The predicted octanol–water partition coefficient (Wildman–Crippen LogP) is -0.0684. The Labute approximate surface area is 101 Å². The van der Waals surface area contributed by atoms with Gasteiger partial charge in [-0.3, -0.25) is 0 Å². The molecule has 0 spiro atoms. The molecule has 3 N–H and O–H groups in total. The third-order valence-corrected chi connectivity index (χ3v) is 4.47. The molecule has 1 aliphatic rings. The SMILES string of the molecule is CC(O)(CNS(=O)(=O)CCC1CCC1)C(=O)O. The molecule has 0 radical (unpaired) electrons. The molecule has 1 fully saturated rings. The molecule has 0 bridgehead atoms. The van der Waals surface area contributed by atoms with Crippen LogP contribution in [0.25, 0.3) is 0 Å². The molecule has 6 nitrogen and oxygen atoms in total. The average molecular weight is 265 g/mol. The fourth-order valence-electron chi connectivity index (χ4n) is 1.50. The molecular weight excluding hydrogens is 246 g/mol. The van der Waals surface area contributed by atoms with Gasteiger partial charge in [0.1, 0.15) is 0 Å². The average Bonchev–Trinajstić information content (AvgIpc) is 2.12. The largest absolute Gasteiger partial charge is 0.479 e. The lowest BCUT2D eigenvalue weighted by molar-refractivity contribution is -0.155. The maximum Gasteiger partial charge on any atom is 0.336 e. The van der Waals surface area contributed by atoms with Crippen molar-refractivity contribution in [3.63, 3.8) is 0 Å². The molecule has 0 aromatic carbocycles. The number of carboxylic acid groups (broad SMARTS) is 1. The lowest BCUT2D eigenvalue weighted by atomic mass is 9.84. The van der Waals surface area contributed by atoms with Crippen LogP contribution in [0.4, 0.5) is 0 Å². The molecule has 0 aromatic heterocycles. The molecule has 17 heavy (non-hydrogen) atoms. The highest BCUT2D eigenvalue weighted by Crippen LogP contribution is 2.29. The summed E-state index contributed by atoms with van der Waals surface area (Å²) in [6, 6.07) is 0. The number of aliphatic carboxylic acids is 1.